The summed E-state index contributed by atoms with van der Waals surface area (Å²) in [4.78, 5) is 13.6. The summed E-state index contributed by atoms with van der Waals surface area (Å²) in [6.07, 6.45) is 2.53. The topological polar surface area (TPSA) is 44.4 Å². The van der Waals surface area contributed by atoms with Crippen molar-refractivity contribution < 1.29 is 4.79 Å². The van der Waals surface area contributed by atoms with Gasteiger partial charge in [-0.3, -0.25) is 4.79 Å². The van der Waals surface area contributed by atoms with Crippen LogP contribution in [0.2, 0.25) is 0 Å². The van der Waals surface area contributed by atoms with E-state index in [1.807, 2.05) is 43.3 Å². The van der Waals surface area contributed by atoms with Crippen LogP contribution in [-0.4, -0.2) is 33.1 Å². The molecule has 0 unspecified atom stereocenters. The number of benzene rings is 1. The largest absolute Gasteiger partial charge is 0.378 e. The Morgan fingerprint density at radius 1 is 1.28 bits per heavy atom. The zero-order valence-corrected chi connectivity index (χ0v) is 11.1. The predicted octanol–water partition coefficient (Wildman–Crippen LogP) is 1.69. The zero-order chi connectivity index (χ0) is 13.0. The van der Waals surface area contributed by atoms with Gasteiger partial charge < -0.3 is 15.5 Å². The molecular formula is C14H21N3O. The molecule has 0 aliphatic heterocycles. The molecule has 0 atom stereocenters. The maximum absolute atomic E-state index is 11.5. The van der Waals surface area contributed by atoms with E-state index in [1.165, 1.54) is 12.8 Å². The predicted molar refractivity (Wildman–Crippen MR) is 75.0 cm³/mol. The van der Waals surface area contributed by atoms with Gasteiger partial charge in [0.25, 0.3) is 0 Å². The van der Waals surface area contributed by atoms with Gasteiger partial charge in [-0.15, -0.1) is 0 Å². The van der Waals surface area contributed by atoms with Crippen LogP contribution < -0.4 is 15.5 Å². The van der Waals surface area contributed by atoms with E-state index in [2.05, 4.69) is 10.6 Å². The second-order valence-electron chi connectivity index (χ2n) is 5.04. The normalized spacial score (nSPS) is 14.1. The Labute approximate surface area is 108 Å². The summed E-state index contributed by atoms with van der Waals surface area (Å²) < 4.78 is 0. The minimum absolute atomic E-state index is 0.0681. The summed E-state index contributed by atoms with van der Waals surface area (Å²) >= 11 is 0. The first-order chi connectivity index (χ1) is 8.65. The lowest BCUT2D eigenvalue weighted by molar-refractivity contribution is -0.119. The van der Waals surface area contributed by atoms with Crippen molar-refractivity contribution in [2.45, 2.75) is 12.8 Å². The fourth-order valence-corrected chi connectivity index (χ4v) is 1.70. The second kappa shape index (κ2) is 5.76. The lowest BCUT2D eigenvalue weighted by atomic mass is 10.2. The minimum Gasteiger partial charge on any atom is -0.378 e. The van der Waals surface area contributed by atoms with Crippen LogP contribution in [0.3, 0.4) is 0 Å². The number of rotatable bonds is 6. The number of anilines is 2. The molecule has 1 aliphatic carbocycles. The van der Waals surface area contributed by atoms with Gasteiger partial charge >= 0.3 is 0 Å². The number of hydrogen-bond acceptors (Lipinski definition) is 3. The molecule has 1 aliphatic rings. The molecule has 0 heterocycles. The van der Waals surface area contributed by atoms with E-state index in [1.54, 1.807) is 0 Å². The molecule has 98 valence electrons. The van der Waals surface area contributed by atoms with E-state index >= 15 is 0 Å². The highest BCUT2D eigenvalue weighted by Gasteiger charge is 2.21. The van der Waals surface area contributed by atoms with Crippen molar-refractivity contribution in [3.63, 3.8) is 0 Å². The van der Waals surface area contributed by atoms with Gasteiger partial charge in [-0.25, -0.2) is 0 Å². The molecule has 0 aromatic heterocycles. The second-order valence-corrected chi connectivity index (χ2v) is 5.04. The van der Waals surface area contributed by atoms with Crippen LogP contribution in [0.5, 0.6) is 0 Å². The Morgan fingerprint density at radius 2 is 1.94 bits per heavy atom. The van der Waals surface area contributed by atoms with Crippen molar-refractivity contribution in [2.24, 2.45) is 5.92 Å². The van der Waals surface area contributed by atoms with Crippen LogP contribution in [0, 0.1) is 5.92 Å². The quantitative estimate of drug-likeness (QED) is 0.804. The molecule has 1 saturated carbocycles. The third kappa shape index (κ3) is 3.95. The lowest BCUT2D eigenvalue weighted by Crippen LogP contribution is -2.31. The van der Waals surface area contributed by atoms with E-state index in [0.29, 0.717) is 6.54 Å². The zero-order valence-electron chi connectivity index (χ0n) is 11.1. The number of carbonyl (C=O) groups excluding carboxylic acids is 1. The maximum atomic E-state index is 11.5. The number of nitrogens with one attached hydrogen (secondary N) is 2. The molecule has 4 nitrogen and oxygen atoms in total. The summed E-state index contributed by atoms with van der Waals surface area (Å²) in [5.41, 5.74) is 2.13. The van der Waals surface area contributed by atoms with Crippen LogP contribution in [0.4, 0.5) is 11.4 Å². The van der Waals surface area contributed by atoms with E-state index in [-0.39, 0.29) is 5.91 Å². The van der Waals surface area contributed by atoms with Crippen molar-refractivity contribution in [3.05, 3.63) is 24.3 Å². The van der Waals surface area contributed by atoms with Gasteiger partial charge in [0.1, 0.15) is 0 Å². The fourth-order valence-electron chi connectivity index (χ4n) is 1.70. The molecule has 1 aromatic rings. The minimum atomic E-state index is 0.0681. The highest BCUT2D eigenvalue weighted by molar-refractivity contribution is 5.80. The molecule has 18 heavy (non-hydrogen) atoms. The Kier molecular flexibility index (Phi) is 4.07. The van der Waals surface area contributed by atoms with Crippen molar-refractivity contribution in [3.8, 4) is 0 Å². The SMILES string of the molecule is CN(C)c1ccc(NCC(=O)NCC2CC2)cc1. The van der Waals surface area contributed by atoms with Crippen molar-refractivity contribution in [1.29, 1.82) is 0 Å². The van der Waals surface area contributed by atoms with Crippen LogP contribution in [0.15, 0.2) is 24.3 Å². The molecule has 4 heteroatoms. The summed E-state index contributed by atoms with van der Waals surface area (Å²) in [5, 5.41) is 6.06. The Hall–Kier alpha value is -1.71. The van der Waals surface area contributed by atoms with Crippen molar-refractivity contribution >= 4 is 17.3 Å². The highest BCUT2D eigenvalue weighted by atomic mass is 16.1. The van der Waals surface area contributed by atoms with Gasteiger partial charge in [0, 0.05) is 32.0 Å². The van der Waals surface area contributed by atoms with Crippen LogP contribution in [0.1, 0.15) is 12.8 Å². The van der Waals surface area contributed by atoms with Gasteiger partial charge in [0.15, 0.2) is 0 Å². The van der Waals surface area contributed by atoms with Crippen molar-refractivity contribution in [2.75, 3.05) is 37.4 Å². The van der Waals surface area contributed by atoms with E-state index in [4.69, 9.17) is 0 Å². The standard InChI is InChI=1S/C14H21N3O/c1-17(2)13-7-5-12(6-8-13)15-10-14(18)16-9-11-3-4-11/h5-8,11,15H,3-4,9-10H2,1-2H3,(H,16,18). The first kappa shape index (κ1) is 12.7. The number of carbonyl (C=O) groups is 1. The highest BCUT2D eigenvalue weighted by Crippen LogP contribution is 2.27. The third-order valence-electron chi connectivity index (χ3n) is 3.12. The van der Waals surface area contributed by atoms with Gasteiger partial charge in [0.2, 0.25) is 5.91 Å². The molecule has 2 rings (SSSR count). The van der Waals surface area contributed by atoms with Gasteiger partial charge in [-0.05, 0) is 43.0 Å². The summed E-state index contributed by atoms with van der Waals surface area (Å²) in [6.45, 7) is 1.17. The summed E-state index contributed by atoms with van der Waals surface area (Å²) in [7, 11) is 4.02. The lowest BCUT2D eigenvalue weighted by Gasteiger charge is -2.13. The third-order valence-corrected chi connectivity index (χ3v) is 3.12. The maximum Gasteiger partial charge on any atom is 0.239 e. The number of hydrogen-bond donors (Lipinski definition) is 2. The summed E-state index contributed by atoms with van der Waals surface area (Å²) in [6, 6.07) is 8.04. The van der Waals surface area contributed by atoms with Gasteiger partial charge in [0.05, 0.1) is 6.54 Å². The fraction of sp³-hybridized carbons (Fsp3) is 0.500. The molecule has 0 spiro atoms. The Balaban J connectivity index is 1.73. The average molecular weight is 247 g/mol. The molecule has 0 radical (unpaired) electrons. The molecule has 2 N–H and O–H groups in total. The first-order valence-electron chi connectivity index (χ1n) is 6.43. The molecule has 0 bridgehead atoms. The van der Waals surface area contributed by atoms with Crippen LogP contribution >= 0.6 is 0 Å². The first-order valence-corrected chi connectivity index (χ1v) is 6.43. The monoisotopic (exact) mass is 247 g/mol. The Morgan fingerprint density at radius 3 is 2.50 bits per heavy atom. The molecule has 1 aromatic carbocycles. The van der Waals surface area contributed by atoms with Gasteiger partial charge in [-0.1, -0.05) is 0 Å². The van der Waals surface area contributed by atoms with E-state index < -0.39 is 0 Å². The summed E-state index contributed by atoms with van der Waals surface area (Å²) in [5.74, 6) is 0.798. The molecule has 1 amide bonds. The molecular weight excluding hydrogens is 226 g/mol. The number of nitrogens with zero attached hydrogens (tertiary/aromatic N) is 1. The smallest absolute Gasteiger partial charge is 0.239 e. The molecule has 1 fully saturated rings. The van der Waals surface area contributed by atoms with Gasteiger partial charge in [-0.2, -0.15) is 0 Å². The van der Waals surface area contributed by atoms with Crippen molar-refractivity contribution in [1.82, 2.24) is 5.32 Å². The van der Waals surface area contributed by atoms with E-state index in [0.717, 1.165) is 23.8 Å². The van der Waals surface area contributed by atoms with E-state index in [9.17, 15) is 4.79 Å². The molecule has 0 saturated heterocycles. The van der Waals surface area contributed by atoms with Crippen LogP contribution in [-0.2, 0) is 4.79 Å². The average Bonchev–Trinajstić information content (AvgIpc) is 3.18. The van der Waals surface area contributed by atoms with Crippen LogP contribution in [0.25, 0.3) is 0 Å². The number of amides is 1. The Bertz CT molecular complexity index is 396.